The van der Waals surface area contributed by atoms with Crippen molar-refractivity contribution < 1.29 is 8.42 Å². The fourth-order valence-electron chi connectivity index (χ4n) is 1.27. The molecule has 5 heteroatoms. The molecule has 0 amide bonds. The summed E-state index contributed by atoms with van der Waals surface area (Å²) in [5, 5.41) is 2.68. The van der Waals surface area contributed by atoms with Crippen LogP contribution in [0.25, 0.3) is 0 Å². The van der Waals surface area contributed by atoms with Crippen LogP contribution in [0, 0.1) is 0 Å². The van der Waals surface area contributed by atoms with Crippen LogP contribution in [0.2, 0.25) is 0 Å². The Morgan fingerprint density at radius 3 is 2.25 bits per heavy atom. The van der Waals surface area contributed by atoms with Crippen LogP contribution in [0.15, 0.2) is 29.2 Å². The molecule has 0 saturated heterocycles. The Morgan fingerprint density at radius 1 is 1.25 bits per heavy atom. The van der Waals surface area contributed by atoms with Gasteiger partial charge in [-0.15, -0.1) is 0 Å². The lowest BCUT2D eigenvalue weighted by atomic mass is 10.2. The summed E-state index contributed by atoms with van der Waals surface area (Å²) in [6.45, 7) is 4.07. The fourth-order valence-corrected chi connectivity index (χ4v) is 2.44. The highest BCUT2D eigenvalue weighted by Crippen LogP contribution is 2.16. The van der Waals surface area contributed by atoms with E-state index in [1.807, 2.05) is 12.1 Å². The van der Waals surface area contributed by atoms with Crippen molar-refractivity contribution in [1.29, 1.82) is 0 Å². The summed E-state index contributed by atoms with van der Waals surface area (Å²) in [6.07, 6.45) is 0. The van der Waals surface area contributed by atoms with E-state index < -0.39 is 9.84 Å². The van der Waals surface area contributed by atoms with Gasteiger partial charge in [0, 0.05) is 12.4 Å². The number of benzene rings is 1. The van der Waals surface area contributed by atoms with E-state index in [4.69, 9.17) is 0 Å². The molecule has 1 rings (SSSR count). The van der Waals surface area contributed by atoms with Gasteiger partial charge in [-0.3, -0.25) is 0 Å². The zero-order valence-corrected chi connectivity index (χ0v) is 11.2. The maximum atomic E-state index is 11.8. The Bertz CT molecular complexity index is 424. The SMILES string of the molecule is CC(C)S(=O)(=O)c1ccc(CNCS)cc1. The quantitative estimate of drug-likeness (QED) is 0.626. The Hall–Kier alpha value is -0.520. The van der Waals surface area contributed by atoms with Gasteiger partial charge in [-0.05, 0) is 31.5 Å². The molecule has 0 aromatic heterocycles. The highest BCUT2D eigenvalue weighted by atomic mass is 32.2. The Kier molecular flexibility index (Phi) is 4.83. The zero-order valence-electron chi connectivity index (χ0n) is 9.47. The van der Waals surface area contributed by atoms with Crippen molar-refractivity contribution in [2.75, 3.05) is 5.88 Å². The summed E-state index contributed by atoms with van der Waals surface area (Å²) in [5.74, 6) is 0.603. The van der Waals surface area contributed by atoms with Crippen LogP contribution in [-0.4, -0.2) is 19.5 Å². The van der Waals surface area contributed by atoms with Crippen LogP contribution < -0.4 is 5.32 Å². The first-order valence-corrected chi connectivity index (χ1v) is 7.30. The molecule has 0 saturated carbocycles. The maximum Gasteiger partial charge on any atom is 0.180 e. The van der Waals surface area contributed by atoms with Crippen LogP contribution >= 0.6 is 12.6 Å². The molecule has 1 aromatic carbocycles. The van der Waals surface area contributed by atoms with E-state index in [-0.39, 0.29) is 5.25 Å². The third-order valence-electron chi connectivity index (χ3n) is 2.31. The molecule has 1 aromatic rings. The van der Waals surface area contributed by atoms with Crippen molar-refractivity contribution in [3.8, 4) is 0 Å². The molecule has 0 heterocycles. The normalized spacial score (nSPS) is 12.0. The molecule has 16 heavy (non-hydrogen) atoms. The predicted molar refractivity (Wildman–Crippen MR) is 69.5 cm³/mol. The zero-order chi connectivity index (χ0) is 12.2. The lowest BCUT2D eigenvalue weighted by Crippen LogP contribution is -2.14. The van der Waals surface area contributed by atoms with Gasteiger partial charge in [-0.2, -0.15) is 12.6 Å². The molecule has 0 bridgehead atoms. The Labute approximate surface area is 103 Å². The monoisotopic (exact) mass is 259 g/mol. The van der Waals surface area contributed by atoms with Crippen molar-refractivity contribution in [3.05, 3.63) is 29.8 Å². The van der Waals surface area contributed by atoms with Gasteiger partial charge in [0.05, 0.1) is 10.1 Å². The van der Waals surface area contributed by atoms with E-state index in [0.29, 0.717) is 17.3 Å². The summed E-state index contributed by atoms with van der Waals surface area (Å²) in [6, 6.07) is 6.97. The fraction of sp³-hybridized carbons (Fsp3) is 0.455. The minimum atomic E-state index is -3.15. The third-order valence-corrected chi connectivity index (χ3v) is 4.71. The number of rotatable bonds is 5. The minimum Gasteiger partial charge on any atom is -0.304 e. The Morgan fingerprint density at radius 2 is 1.81 bits per heavy atom. The minimum absolute atomic E-state index is 0.381. The van der Waals surface area contributed by atoms with E-state index >= 15 is 0 Å². The molecule has 0 aliphatic rings. The smallest absolute Gasteiger partial charge is 0.180 e. The lowest BCUT2D eigenvalue weighted by molar-refractivity contribution is 0.587. The standard InChI is InChI=1S/C11H17NO2S2/c1-9(2)16(13,14)11-5-3-10(4-6-11)7-12-8-15/h3-6,9,12,15H,7-8H2,1-2H3. The maximum absolute atomic E-state index is 11.8. The van der Waals surface area contributed by atoms with Crippen molar-refractivity contribution in [2.45, 2.75) is 30.5 Å². The van der Waals surface area contributed by atoms with Crippen LogP contribution in [0.1, 0.15) is 19.4 Å². The first-order chi connectivity index (χ1) is 7.48. The van der Waals surface area contributed by atoms with Crippen LogP contribution in [0.4, 0.5) is 0 Å². The Balaban J connectivity index is 2.87. The molecule has 0 fully saturated rings. The van der Waals surface area contributed by atoms with Crippen molar-refractivity contribution in [3.63, 3.8) is 0 Å². The number of hydrogen-bond donors (Lipinski definition) is 2. The first kappa shape index (κ1) is 13.5. The van der Waals surface area contributed by atoms with Gasteiger partial charge < -0.3 is 5.32 Å². The van der Waals surface area contributed by atoms with E-state index in [0.717, 1.165) is 5.56 Å². The number of hydrogen-bond acceptors (Lipinski definition) is 4. The molecule has 0 radical (unpaired) electrons. The molecule has 0 aliphatic heterocycles. The van der Waals surface area contributed by atoms with Crippen molar-refractivity contribution >= 4 is 22.5 Å². The topological polar surface area (TPSA) is 46.2 Å². The van der Waals surface area contributed by atoms with E-state index in [1.54, 1.807) is 26.0 Å². The molecule has 0 atom stereocenters. The first-order valence-electron chi connectivity index (χ1n) is 5.13. The second-order valence-electron chi connectivity index (χ2n) is 3.82. The van der Waals surface area contributed by atoms with Gasteiger partial charge in [-0.25, -0.2) is 8.42 Å². The van der Waals surface area contributed by atoms with E-state index in [2.05, 4.69) is 17.9 Å². The summed E-state index contributed by atoms with van der Waals surface area (Å²) in [5.41, 5.74) is 1.05. The van der Waals surface area contributed by atoms with Gasteiger partial charge in [0.15, 0.2) is 9.84 Å². The molecule has 0 spiro atoms. The second-order valence-corrected chi connectivity index (χ2v) is 6.64. The highest BCUT2D eigenvalue weighted by Gasteiger charge is 2.18. The van der Waals surface area contributed by atoms with Gasteiger partial charge in [0.2, 0.25) is 0 Å². The molecular weight excluding hydrogens is 242 g/mol. The van der Waals surface area contributed by atoms with Crippen molar-refractivity contribution in [2.24, 2.45) is 0 Å². The average Bonchev–Trinajstić information content (AvgIpc) is 2.26. The predicted octanol–water partition coefficient (Wildman–Crippen LogP) is 1.85. The van der Waals surface area contributed by atoms with Gasteiger partial charge >= 0.3 is 0 Å². The molecule has 3 nitrogen and oxygen atoms in total. The average molecular weight is 259 g/mol. The van der Waals surface area contributed by atoms with Crippen LogP contribution in [0.3, 0.4) is 0 Å². The second kappa shape index (κ2) is 5.70. The van der Waals surface area contributed by atoms with Crippen LogP contribution in [0.5, 0.6) is 0 Å². The number of thiol groups is 1. The number of nitrogens with one attached hydrogen (secondary N) is 1. The van der Waals surface area contributed by atoms with E-state index in [9.17, 15) is 8.42 Å². The lowest BCUT2D eigenvalue weighted by Gasteiger charge is -2.08. The van der Waals surface area contributed by atoms with Crippen molar-refractivity contribution in [1.82, 2.24) is 5.32 Å². The largest absolute Gasteiger partial charge is 0.304 e. The third kappa shape index (κ3) is 3.23. The summed E-state index contributed by atoms with van der Waals surface area (Å²) >= 11 is 4.04. The van der Waals surface area contributed by atoms with E-state index in [1.165, 1.54) is 0 Å². The van der Waals surface area contributed by atoms with Gasteiger partial charge in [0.25, 0.3) is 0 Å². The molecule has 0 unspecified atom stereocenters. The van der Waals surface area contributed by atoms with Gasteiger partial charge in [-0.1, -0.05) is 12.1 Å². The van der Waals surface area contributed by atoms with Crippen LogP contribution in [-0.2, 0) is 16.4 Å². The highest BCUT2D eigenvalue weighted by molar-refractivity contribution is 7.92. The molecule has 1 N–H and O–H groups in total. The molecular formula is C11H17NO2S2. The molecule has 0 aliphatic carbocycles. The molecule has 90 valence electrons. The summed E-state index contributed by atoms with van der Waals surface area (Å²) < 4.78 is 23.7. The summed E-state index contributed by atoms with van der Waals surface area (Å²) in [7, 11) is -3.15. The summed E-state index contributed by atoms with van der Waals surface area (Å²) in [4.78, 5) is 0.386. The van der Waals surface area contributed by atoms with Gasteiger partial charge in [0.1, 0.15) is 0 Å². The number of sulfone groups is 1.